The molecule has 0 unspecified atom stereocenters. The van der Waals surface area contributed by atoms with Crippen molar-refractivity contribution >= 4 is 34.0 Å². The molecule has 1 aliphatic rings. The molecule has 1 aliphatic carbocycles. The number of nitrogens with one attached hydrogen (secondary N) is 1. The van der Waals surface area contributed by atoms with Crippen LogP contribution in [-0.4, -0.2) is 10.8 Å². The predicted octanol–water partition coefficient (Wildman–Crippen LogP) is 2.92. The van der Waals surface area contributed by atoms with Crippen LogP contribution in [0.25, 0.3) is 10.9 Å². The SMILES string of the molecule is Nc1c(Cl)ccc2[nH]c3c(c12)CCCC3=O. The van der Waals surface area contributed by atoms with E-state index in [9.17, 15) is 4.79 Å². The zero-order chi connectivity index (χ0) is 11.3. The number of anilines is 1. The Morgan fingerprint density at radius 1 is 1.31 bits per heavy atom. The van der Waals surface area contributed by atoms with E-state index in [0.29, 0.717) is 17.1 Å². The van der Waals surface area contributed by atoms with Crippen molar-refractivity contribution in [2.45, 2.75) is 19.3 Å². The van der Waals surface area contributed by atoms with Crippen molar-refractivity contribution in [3.05, 3.63) is 28.4 Å². The van der Waals surface area contributed by atoms with E-state index in [1.54, 1.807) is 6.07 Å². The van der Waals surface area contributed by atoms with Gasteiger partial charge in [-0.05, 0) is 30.5 Å². The largest absolute Gasteiger partial charge is 0.397 e. The number of aryl methyl sites for hydroxylation is 1. The van der Waals surface area contributed by atoms with Gasteiger partial charge >= 0.3 is 0 Å². The Hall–Kier alpha value is -1.48. The Kier molecular flexibility index (Phi) is 1.98. The number of aromatic amines is 1. The van der Waals surface area contributed by atoms with Gasteiger partial charge in [-0.25, -0.2) is 0 Å². The number of aromatic nitrogens is 1. The van der Waals surface area contributed by atoms with Crippen LogP contribution >= 0.6 is 11.6 Å². The van der Waals surface area contributed by atoms with Crippen molar-refractivity contribution in [1.82, 2.24) is 4.98 Å². The second-order valence-electron chi connectivity index (χ2n) is 4.14. The molecule has 0 radical (unpaired) electrons. The molecule has 16 heavy (non-hydrogen) atoms. The summed E-state index contributed by atoms with van der Waals surface area (Å²) in [5.74, 6) is 0.174. The summed E-state index contributed by atoms with van der Waals surface area (Å²) in [6, 6.07) is 3.63. The van der Waals surface area contributed by atoms with Gasteiger partial charge in [-0.15, -0.1) is 0 Å². The summed E-state index contributed by atoms with van der Waals surface area (Å²) >= 11 is 6.00. The molecule has 82 valence electrons. The van der Waals surface area contributed by atoms with Crippen molar-refractivity contribution in [1.29, 1.82) is 0 Å². The first-order valence-corrected chi connectivity index (χ1v) is 5.68. The zero-order valence-corrected chi connectivity index (χ0v) is 9.40. The molecule has 1 aromatic carbocycles. The molecule has 0 fully saturated rings. The van der Waals surface area contributed by atoms with E-state index in [2.05, 4.69) is 4.98 Å². The highest BCUT2D eigenvalue weighted by atomic mass is 35.5. The van der Waals surface area contributed by atoms with Gasteiger partial charge in [0.1, 0.15) is 0 Å². The number of halogens is 1. The molecule has 3 N–H and O–H groups in total. The van der Waals surface area contributed by atoms with Crippen LogP contribution in [0.5, 0.6) is 0 Å². The second kappa shape index (κ2) is 3.25. The molecule has 2 aromatic rings. The van der Waals surface area contributed by atoms with Crippen LogP contribution in [0.4, 0.5) is 5.69 Å². The first kappa shape index (κ1) is 9.73. The summed E-state index contributed by atoms with van der Waals surface area (Å²) in [5, 5.41) is 1.47. The number of benzene rings is 1. The minimum absolute atomic E-state index is 0.174. The standard InChI is InChI=1S/C12H11ClN2O/c13-7-4-5-8-10(11(7)14)6-2-1-3-9(16)12(6)15-8/h4-5,15H,1-3,14H2. The summed E-state index contributed by atoms with van der Waals surface area (Å²) in [7, 11) is 0. The van der Waals surface area contributed by atoms with Gasteiger partial charge < -0.3 is 10.7 Å². The Balaban J connectivity index is 2.42. The highest BCUT2D eigenvalue weighted by Crippen LogP contribution is 2.35. The van der Waals surface area contributed by atoms with E-state index in [1.165, 1.54) is 0 Å². The molecule has 0 aliphatic heterocycles. The molecule has 0 spiro atoms. The fourth-order valence-corrected chi connectivity index (χ4v) is 2.55. The molecular weight excluding hydrogens is 224 g/mol. The van der Waals surface area contributed by atoms with Crippen LogP contribution in [0.15, 0.2) is 12.1 Å². The molecule has 0 atom stereocenters. The van der Waals surface area contributed by atoms with Crippen molar-refractivity contribution < 1.29 is 4.79 Å². The first-order chi connectivity index (χ1) is 7.68. The fraction of sp³-hybridized carbons (Fsp3) is 0.250. The monoisotopic (exact) mass is 234 g/mol. The Labute approximate surface area is 97.6 Å². The quantitative estimate of drug-likeness (QED) is 0.689. The highest BCUT2D eigenvalue weighted by molar-refractivity contribution is 6.34. The number of hydrogen-bond donors (Lipinski definition) is 2. The number of H-pyrrole nitrogens is 1. The summed E-state index contributed by atoms with van der Waals surface area (Å²) in [6.45, 7) is 0. The third kappa shape index (κ3) is 1.18. The highest BCUT2D eigenvalue weighted by Gasteiger charge is 2.23. The summed E-state index contributed by atoms with van der Waals surface area (Å²) in [6.07, 6.45) is 2.41. The van der Waals surface area contributed by atoms with Crippen LogP contribution < -0.4 is 5.73 Å². The maximum Gasteiger partial charge on any atom is 0.179 e. The normalized spacial score (nSPS) is 15.4. The van der Waals surface area contributed by atoms with Gasteiger partial charge in [-0.1, -0.05) is 11.6 Å². The molecule has 0 bridgehead atoms. The smallest absolute Gasteiger partial charge is 0.179 e. The minimum atomic E-state index is 0.174. The molecule has 0 amide bonds. The van der Waals surface area contributed by atoms with Crippen molar-refractivity contribution in [3.8, 4) is 0 Å². The third-order valence-electron chi connectivity index (χ3n) is 3.16. The molecule has 3 rings (SSSR count). The lowest BCUT2D eigenvalue weighted by Gasteiger charge is -2.10. The Morgan fingerprint density at radius 2 is 2.12 bits per heavy atom. The number of carbonyl (C=O) groups is 1. The van der Waals surface area contributed by atoms with Crippen LogP contribution in [0.3, 0.4) is 0 Å². The lowest BCUT2D eigenvalue weighted by molar-refractivity contribution is 0.0968. The van der Waals surface area contributed by atoms with Crippen molar-refractivity contribution in [3.63, 3.8) is 0 Å². The number of nitrogen functional groups attached to an aromatic ring is 1. The average molecular weight is 235 g/mol. The molecule has 1 heterocycles. The summed E-state index contributed by atoms with van der Waals surface area (Å²) < 4.78 is 0. The van der Waals surface area contributed by atoms with Crippen LogP contribution in [0.1, 0.15) is 28.9 Å². The number of nitrogens with two attached hydrogens (primary N) is 1. The molecule has 4 heteroatoms. The molecule has 0 saturated heterocycles. The number of rotatable bonds is 0. The number of hydrogen-bond acceptors (Lipinski definition) is 2. The van der Waals surface area contributed by atoms with Gasteiger partial charge in [0.05, 0.1) is 16.4 Å². The number of carbonyl (C=O) groups excluding carboxylic acids is 1. The second-order valence-corrected chi connectivity index (χ2v) is 4.55. The van der Waals surface area contributed by atoms with Gasteiger partial charge in [-0.3, -0.25) is 4.79 Å². The topological polar surface area (TPSA) is 58.9 Å². The zero-order valence-electron chi connectivity index (χ0n) is 8.64. The van der Waals surface area contributed by atoms with Crippen molar-refractivity contribution in [2.24, 2.45) is 0 Å². The fourth-order valence-electron chi connectivity index (χ4n) is 2.40. The maximum atomic E-state index is 11.7. The number of ketones is 1. The van der Waals surface area contributed by atoms with E-state index >= 15 is 0 Å². The van der Waals surface area contributed by atoms with Gasteiger partial charge in [0.2, 0.25) is 0 Å². The summed E-state index contributed by atoms with van der Waals surface area (Å²) in [4.78, 5) is 14.9. The Bertz CT molecular complexity index is 601. The van der Waals surface area contributed by atoms with Crippen molar-refractivity contribution in [2.75, 3.05) is 5.73 Å². The molecule has 1 aromatic heterocycles. The van der Waals surface area contributed by atoms with Crippen LogP contribution in [-0.2, 0) is 6.42 Å². The van der Waals surface area contributed by atoms with Gasteiger partial charge in [0, 0.05) is 17.3 Å². The average Bonchev–Trinajstić information content (AvgIpc) is 2.64. The third-order valence-corrected chi connectivity index (χ3v) is 3.49. The van der Waals surface area contributed by atoms with E-state index in [0.717, 1.165) is 35.0 Å². The number of Topliss-reactive ketones (excluding diaryl/α,β-unsaturated/α-hetero) is 1. The molecular formula is C12H11ClN2O. The minimum Gasteiger partial charge on any atom is -0.397 e. The van der Waals surface area contributed by atoms with Crippen LogP contribution in [0, 0.1) is 0 Å². The van der Waals surface area contributed by atoms with Gasteiger partial charge in [0.15, 0.2) is 5.78 Å². The predicted molar refractivity (Wildman–Crippen MR) is 65.0 cm³/mol. The first-order valence-electron chi connectivity index (χ1n) is 5.30. The van der Waals surface area contributed by atoms with Gasteiger partial charge in [-0.2, -0.15) is 0 Å². The maximum absolute atomic E-state index is 11.7. The van der Waals surface area contributed by atoms with E-state index in [-0.39, 0.29) is 5.78 Å². The lowest BCUT2D eigenvalue weighted by Crippen LogP contribution is -2.09. The molecule has 0 saturated carbocycles. The van der Waals surface area contributed by atoms with Gasteiger partial charge in [0.25, 0.3) is 0 Å². The molecule has 3 nitrogen and oxygen atoms in total. The van der Waals surface area contributed by atoms with Crippen LogP contribution in [0.2, 0.25) is 5.02 Å². The Morgan fingerprint density at radius 3 is 2.94 bits per heavy atom. The number of fused-ring (bicyclic) bond motifs is 3. The van der Waals surface area contributed by atoms with E-state index in [1.807, 2.05) is 6.07 Å². The summed E-state index contributed by atoms with van der Waals surface area (Å²) in [5.41, 5.74) is 9.20. The lowest BCUT2D eigenvalue weighted by atomic mass is 9.94. The van der Waals surface area contributed by atoms with E-state index in [4.69, 9.17) is 17.3 Å². The van der Waals surface area contributed by atoms with E-state index < -0.39 is 0 Å².